The van der Waals surface area contributed by atoms with Crippen molar-refractivity contribution >= 4 is 22.0 Å². The second kappa shape index (κ2) is 7.75. The maximum atomic E-state index is 13.4. The summed E-state index contributed by atoms with van der Waals surface area (Å²) in [4.78, 5) is 20.3. The van der Waals surface area contributed by atoms with Crippen molar-refractivity contribution in [3.63, 3.8) is 0 Å². The van der Waals surface area contributed by atoms with Gasteiger partial charge in [0, 0.05) is 36.5 Å². The number of carbonyl (C=O) groups is 1. The number of pyridine rings is 1. The monoisotopic (exact) mass is 443 g/mol. The summed E-state index contributed by atoms with van der Waals surface area (Å²) in [5.74, 6) is -0.0152. The number of piperidine rings is 1. The quantitative estimate of drug-likeness (QED) is 0.524. The first-order chi connectivity index (χ1) is 13.5. The molecule has 1 aliphatic rings. The van der Waals surface area contributed by atoms with Gasteiger partial charge < -0.3 is 15.0 Å². The van der Waals surface area contributed by atoms with Crippen LogP contribution < -0.4 is 0 Å². The van der Waals surface area contributed by atoms with E-state index in [1.54, 1.807) is 18.3 Å². The Kier molecular flexibility index (Phi) is 5.17. The average molecular weight is 444 g/mol. The molecule has 1 saturated heterocycles. The molecule has 0 spiro atoms. The highest BCUT2D eigenvalue weighted by atomic mass is 79.9. The summed E-state index contributed by atoms with van der Waals surface area (Å²) in [6.07, 6.45) is 2.43. The highest BCUT2D eigenvalue weighted by Crippen LogP contribution is 2.37. The number of nitrogens with one attached hydrogen (secondary N) is 1. The molecular formula is C21H19BrFN3O2. The van der Waals surface area contributed by atoms with Gasteiger partial charge in [0.05, 0.1) is 5.69 Å². The van der Waals surface area contributed by atoms with Crippen LogP contribution in [0, 0.1) is 5.82 Å². The van der Waals surface area contributed by atoms with E-state index in [0.717, 1.165) is 45.5 Å². The first-order valence-corrected chi connectivity index (χ1v) is 9.89. The molecule has 7 heteroatoms. The van der Waals surface area contributed by atoms with Gasteiger partial charge in [0.15, 0.2) is 0 Å². The number of halogens is 2. The van der Waals surface area contributed by atoms with Gasteiger partial charge in [0.25, 0.3) is 0 Å². The van der Waals surface area contributed by atoms with Crippen LogP contribution in [0.5, 0.6) is 0 Å². The van der Waals surface area contributed by atoms with Crippen molar-refractivity contribution in [3.05, 3.63) is 64.8 Å². The van der Waals surface area contributed by atoms with E-state index in [4.69, 9.17) is 5.11 Å². The van der Waals surface area contributed by atoms with Crippen LogP contribution in [0.1, 0.15) is 24.5 Å². The van der Waals surface area contributed by atoms with Crippen molar-refractivity contribution in [2.45, 2.75) is 18.8 Å². The summed E-state index contributed by atoms with van der Waals surface area (Å²) in [5.41, 5.74) is 4.93. The molecule has 1 amide bonds. The second-order valence-electron chi connectivity index (χ2n) is 6.93. The van der Waals surface area contributed by atoms with Gasteiger partial charge in [-0.1, -0.05) is 0 Å². The fourth-order valence-corrected chi connectivity index (χ4v) is 4.08. The zero-order chi connectivity index (χ0) is 19.7. The largest absolute Gasteiger partial charge is 0.465 e. The molecule has 0 atom stereocenters. The lowest BCUT2D eigenvalue weighted by atomic mass is 9.93. The van der Waals surface area contributed by atoms with Crippen LogP contribution in [0.2, 0.25) is 0 Å². The van der Waals surface area contributed by atoms with Crippen LogP contribution in [0.25, 0.3) is 22.4 Å². The molecule has 1 aromatic carbocycles. The van der Waals surface area contributed by atoms with E-state index < -0.39 is 6.09 Å². The van der Waals surface area contributed by atoms with Crippen LogP contribution in [-0.2, 0) is 0 Å². The molecule has 2 N–H and O–H groups in total. The summed E-state index contributed by atoms with van der Waals surface area (Å²) >= 11 is 3.42. The number of aromatic amines is 1. The van der Waals surface area contributed by atoms with Gasteiger partial charge in [-0.15, -0.1) is 0 Å². The summed E-state index contributed by atoms with van der Waals surface area (Å²) < 4.78 is 14.1. The van der Waals surface area contributed by atoms with Crippen molar-refractivity contribution in [1.29, 1.82) is 0 Å². The highest BCUT2D eigenvalue weighted by molar-refractivity contribution is 9.10. The Morgan fingerprint density at radius 2 is 1.86 bits per heavy atom. The Morgan fingerprint density at radius 1 is 1.14 bits per heavy atom. The van der Waals surface area contributed by atoms with E-state index in [2.05, 4.69) is 32.0 Å². The van der Waals surface area contributed by atoms with E-state index in [-0.39, 0.29) is 11.7 Å². The SMILES string of the molecule is O=C(O)N1CCC(c2cc(-c3ccnc(Br)c3)c(-c3ccc(F)cc3)[nH]2)CC1. The Balaban J connectivity index is 1.72. The fraction of sp³-hybridized carbons (Fsp3) is 0.238. The Bertz CT molecular complexity index is 995. The predicted octanol–water partition coefficient (Wildman–Crippen LogP) is 5.50. The molecule has 28 heavy (non-hydrogen) atoms. The second-order valence-corrected chi connectivity index (χ2v) is 7.74. The number of carboxylic acid groups (broad SMARTS) is 1. The number of hydrogen-bond donors (Lipinski definition) is 2. The van der Waals surface area contributed by atoms with Gasteiger partial charge in [-0.3, -0.25) is 0 Å². The number of hydrogen-bond acceptors (Lipinski definition) is 2. The summed E-state index contributed by atoms with van der Waals surface area (Å²) in [6, 6.07) is 12.4. The molecule has 3 aromatic rings. The number of likely N-dealkylation sites (tertiary alicyclic amines) is 1. The van der Waals surface area contributed by atoms with Crippen LogP contribution in [0.15, 0.2) is 53.3 Å². The first-order valence-electron chi connectivity index (χ1n) is 9.10. The minimum atomic E-state index is -0.862. The van der Waals surface area contributed by atoms with Crippen LogP contribution in [0.3, 0.4) is 0 Å². The van der Waals surface area contributed by atoms with Crippen LogP contribution >= 0.6 is 15.9 Å². The van der Waals surface area contributed by atoms with E-state index >= 15 is 0 Å². The highest BCUT2D eigenvalue weighted by Gasteiger charge is 2.25. The van der Waals surface area contributed by atoms with Gasteiger partial charge in [-0.2, -0.15) is 0 Å². The summed E-state index contributed by atoms with van der Waals surface area (Å²) in [7, 11) is 0. The molecule has 0 bridgehead atoms. The van der Waals surface area contributed by atoms with Crippen molar-refractivity contribution in [3.8, 4) is 22.4 Å². The molecule has 0 radical (unpaired) electrons. The predicted molar refractivity (Wildman–Crippen MR) is 109 cm³/mol. The number of benzene rings is 1. The van der Waals surface area contributed by atoms with Gasteiger partial charge >= 0.3 is 6.09 Å². The number of H-pyrrole nitrogens is 1. The van der Waals surface area contributed by atoms with E-state index in [0.29, 0.717) is 13.1 Å². The third kappa shape index (κ3) is 3.80. The molecular weight excluding hydrogens is 425 g/mol. The number of nitrogens with zero attached hydrogens (tertiary/aromatic N) is 2. The maximum Gasteiger partial charge on any atom is 0.407 e. The number of rotatable bonds is 3. The van der Waals surface area contributed by atoms with Gasteiger partial charge in [0.2, 0.25) is 0 Å². The average Bonchev–Trinajstić information content (AvgIpc) is 3.14. The maximum absolute atomic E-state index is 13.4. The molecule has 3 heterocycles. The molecule has 4 rings (SSSR count). The summed E-state index contributed by atoms with van der Waals surface area (Å²) in [5, 5.41) is 9.17. The molecule has 0 unspecified atom stereocenters. The molecule has 144 valence electrons. The molecule has 1 aliphatic heterocycles. The molecule has 0 saturated carbocycles. The van der Waals surface area contributed by atoms with Gasteiger partial charge in [0.1, 0.15) is 10.4 Å². The standard InChI is InChI=1S/C21H19BrFN3O2/c22-19-11-15(5-8-24-19)17-12-18(13-6-9-26(10-7-13)21(27)28)25-20(17)14-1-3-16(23)4-2-14/h1-5,8,11-13,25H,6-7,9-10H2,(H,27,28). The summed E-state index contributed by atoms with van der Waals surface area (Å²) in [6.45, 7) is 1.06. The smallest absolute Gasteiger partial charge is 0.407 e. The van der Waals surface area contributed by atoms with Crippen LogP contribution in [0.4, 0.5) is 9.18 Å². The first kappa shape index (κ1) is 18.7. The van der Waals surface area contributed by atoms with Crippen molar-refractivity contribution in [2.75, 3.05) is 13.1 Å². The topological polar surface area (TPSA) is 69.2 Å². The molecule has 2 aromatic heterocycles. The fourth-order valence-electron chi connectivity index (χ4n) is 3.72. The minimum absolute atomic E-state index is 0.258. The Morgan fingerprint density at radius 3 is 2.50 bits per heavy atom. The zero-order valence-electron chi connectivity index (χ0n) is 15.0. The lowest BCUT2D eigenvalue weighted by Crippen LogP contribution is -2.36. The third-order valence-corrected chi connectivity index (χ3v) is 5.65. The Labute approximate surface area is 170 Å². The normalized spacial score (nSPS) is 15.0. The van der Waals surface area contributed by atoms with Crippen molar-refractivity contribution < 1.29 is 14.3 Å². The third-order valence-electron chi connectivity index (χ3n) is 5.21. The lowest BCUT2D eigenvalue weighted by molar-refractivity contribution is 0.132. The number of aromatic nitrogens is 2. The van der Waals surface area contributed by atoms with Crippen molar-refractivity contribution in [2.24, 2.45) is 0 Å². The van der Waals surface area contributed by atoms with E-state index in [9.17, 15) is 9.18 Å². The Hall–Kier alpha value is -2.67. The molecule has 1 fully saturated rings. The zero-order valence-corrected chi connectivity index (χ0v) is 16.6. The number of amides is 1. The van der Waals surface area contributed by atoms with E-state index in [1.165, 1.54) is 17.0 Å². The van der Waals surface area contributed by atoms with Gasteiger partial charge in [-0.05, 0) is 82.4 Å². The molecule has 5 nitrogen and oxygen atoms in total. The minimum Gasteiger partial charge on any atom is -0.465 e. The van der Waals surface area contributed by atoms with Gasteiger partial charge in [-0.25, -0.2) is 14.2 Å². The van der Waals surface area contributed by atoms with E-state index in [1.807, 2.05) is 12.1 Å². The lowest BCUT2D eigenvalue weighted by Gasteiger charge is -2.29. The van der Waals surface area contributed by atoms with Crippen LogP contribution in [-0.4, -0.2) is 39.2 Å². The molecule has 0 aliphatic carbocycles. The van der Waals surface area contributed by atoms with Crippen molar-refractivity contribution in [1.82, 2.24) is 14.9 Å².